The highest BCUT2D eigenvalue weighted by Crippen LogP contribution is 2.23. The third-order valence-corrected chi connectivity index (χ3v) is 5.52. The number of benzene rings is 1. The topological polar surface area (TPSA) is 48.3 Å². The molecular weight excluding hydrogens is 381 g/mol. The molecule has 0 aliphatic heterocycles. The fourth-order valence-corrected chi connectivity index (χ4v) is 3.85. The van der Waals surface area contributed by atoms with Gasteiger partial charge in [-0.25, -0.2) is 9.18 Å². The van der Waals surface area contributed by atoms with Crippen LogP contribution in [-0.4, -0.2) is 22.9 Å². The van der Waals surface area contributed by atoms with Crippen LogP contribution in [0.2, 0.25) is 0 Å². The van der Waals surface area contributed by atoms with E-state index in [4.69, 9.17) is 4.74 Å². The molecule has 0 fully saturated rings. The summed E-state index contributed by atoms with van der Waals surface area (Å²) in [6.07, 6.45) is 10.9. The number of carbonyl (C=O) groups excluding carboxylic acids is 2. The molecule has 0 spiro atoms. The predicted molar refractivity (Wildman–Crippen MR) is 116 cm³/mol. The number of nitrogens with zero attached hydrogens (tertiary/aromatic N) is 1. The summed E-state index contributed by atoms with van der Waals surface area (Å²) in [5.74, 6) is -1.24. The maximum atomic E-state index is 13.2. The SMILES string of the molecule is Cc1cc(C(=O)COC(=O)/C=C/c2cccc(F)c2)c(C)n1CCC1=CCCCC1. The smallest absolute Gasteiger partial charge is 0.331 e. The molecule has 30 heavy (non-hydrogen) atoms. The van der Waals surface area contributed by atoms with Crippen LogP contribution in [-0.2, 0) is 16.1 Å². The number of carbonyl (C=O) groups is 2. The fourth-order valence-electron chi connectivity index (χ4n) is 3.85. The summed E-state index contributed by atoms with van der Waals surface area (Å²) < 4.78 is 20.4. The molecule has 1 aromatic carbocycles. The molecule has 1 aliphatic carbocycles. The predicted octanol–water partition coefficient (Wildman–Crippen LogP) is 5.57. The first-order chi connectivity index (χ1) is 14.4. The number of hydrogen-bond acceptors (Lipinski definition) is 3. The minimum Gasteiger partial charge on any atom is -0.454 e. The normalized spacial score (nSPS) is 14.0. The minimum absolute atomic E-state index is 0.223. The van der Waals surface area contributed by atoms with Gasteiger partial charge in [0.05, 0.1) is 0 Å². The Labute approximate surface area is 177 Å². The van der Waals surface area contributed by atoms with Crippen LogP contribution in [0.25, 0.3) is 6.08 Å². The van der Waals surface area contributed by atoms with Crippen molar-refractivity contribution in [3.05, 3.63) is 76.4 Å². The first-order valence-electron chi connectivity index (χ1n) is 10.4. The molecule has 0 bridgehead atoms. The summed E-state index contributed by atoms with van der Waals surface area (Å²) in [4.78, 5) is 24.5. The van der Waals surface area contributed by atoms with Crippen molar-refractivity contribution in [1.29, 1.82) is 0 Å². The van der Waals surface area contributed by atoms with E-state index in [1.165, 1.54) is 55.5 Å². The van der Waals surface area contributed by atoms with Crippen molar-refractivity contribution >= 4 is 17.8 Å². The molecule has 1 aromatic heterocycles. The Morgan fingerprint density at radius 2 is 2.03 bits per heavy atom. The van der Waals surface area contributed by atoms with Crippen LogP contribution in [0.5, 0.6) is 0 Å². The molecule has 0 N–H and O–H groups in total. The van der Waals surface area contributed by atoms with E-state index in [1.807, 2.05) is 19.9 Å². The maximum absolute atomic E-state index is 13.2. The number of halogens is 1. The Kier molecular flexibility index (Phi) is 7.39. The molecule has 0 atom stereocenters. The lowest BCUT2D eigenvalue weighted by Gasteiger charge is -2.15. The zero-order chi connectivity index (χ0) is 21.5. The van der Waals surface area contributed by atoms with Gasteiger partial charge in [-0.3, -0.25) is 4.79 Å². The number of allylic oxidation sites excluding steroid dienone is 2. The van der Waals surface area contributed by atoms with Gasteiger partial charge in [0, 0.05) is 29.6 Å². The second kappa shape index (κ2) is 10.2. The standard InChI is InChI=1S/C25H28FNO3/c1-18-15-23(19(2)27(18)14-13-20-7-4-3-5-8-20)24(28)17-30-25(29)12-11-21-9-6-10-22(26)16-21/h6-7,9-12,15-16H,3-5,8,13-14,17H2,1-2H3/b12-11+. The second-order valence-electron chi connectivity index (χ2n) is 7.71. The quantitative estimate of drug-likeness (QED) is 0.248. The van der Waals surface area contributed by atoms with Crippen molar-refractivity contribution in [2.45, 2.75) is 52.5 Å². The van der Waals surface area contributed by atoms with Crippen molar-refractivity contribution in [1.82, 2.24) is 4.57 Å². The monoisotopic (exact) mass is 409 g/mol. The largest absolute Gasteiger partial charge is 0.454 e. The summed E-state index contributed by atoms with van der Waals surface area (Å²) in [5, 5.41) is 0. The number of rotatable bonds is 8. The number of aryl methyl sites for hydroxylation is 1. The number of esters is 1. The number of ether oxygens (including phenoxy) is 1. The van der Waals surface area contributed by atoms with E-state index in [0.717, 1.165) is 24.4 Å². The van der Waals surface area contributed by atoms with Crippen molar-refractivity contribution in [3.8, 4) is 0 Å². The minimum atomic E-state index is -0.634. The summed E-state index contributed by atoms with van der Waals surface area (Å²) in [7, 11) is 0. The first-order valence-corrected chi connectivity index (χ1v) is 10.4. The zero-order valence-electron chi connectivity index (χ0n) is 17.6. The van der Waals surface area contributed by atoms with Gasteiger partial charge in [0.15, 0.2) is 6.61 Å². The summed E-state index contributed by atoms with van der Waals surface area (Å²) >= 11 is 0. The molecular formula is C25H28FNO3. The summed E-state index contributed by atoms with van der Waals surface area (Å²) in [6.45, 7) is 4.46. The molecule has 3 rings (SSSR count). The van der Waals surface area contributed by atoms with Crippen LogP contribution >= 0.6 is 0 Å². The molecule has 5 heteroatoms. The van der Waals surface area contributed by atoms with Gasteiger partial charge < -0.3 is 9.30 Å². The van der Waals surface area contributed by atoms with E-state index in [2.05, 4.69) is 10.6 Å². The molecule has 2 aromatic rings. The van der Waals surface area contributed by atoms with Crippen molar-refractivity contribution in [2.75, 3.05) is 6.61 Å². The highest BCUT2D eigenvalue weighted by atomic mass is 19.1. The van der Waals surface area contributed by atoms with E-state index >= 15 is 0 Å². The Morgan fingerprint density at radius 1 is 1.20 bits per heavy atom. The van der Waals surface area contributed by atoms with Gasteiger partial charge in [0.1, 0.15) is 5.82 Å². The highest BCUT2D eigenvalue weighted by molar-refractivity contribution is 6.00. The molecule has 0 radical (unpaired) electrons. The Balaban J connectivity index is 1.56. The number of hydrogen-bond donors (Lipinski definition) is 0. The van der Waals surface area contributed by atoms with E-state index < -0.39 is 5.97 Å². The average molecular weight is 410 g/mol. The van der Waals surface area contributed by atoms with Crippen molar-refractivity contribution in [3.63, 3.8) is 0 Å². The van der Waals surface area contributed by atoms with Gasteiger partial charge in [0.2, 0.25) is 5.78 Å². The lowest BCUT2D eigenvalue weighted by molar-refractivity contribution is -0.136. The van der Waals surface area contributed by atoms with Gasteiger partial charge in [-0.05, 0) is 75.8 Å². The molecule has 0 amide bonds. The lowest BCUT2D eigenvalue weighted by atomic mass is 9.97. The third kappa shape index (κ3) is 5.78. The molecule has 4 nitrogen and oxygen atoms in total. The van der Waals surface area contributed by atoms with Crippen LogP contribution < -0.4 is 0 Å². The lowest BCUT2D eigenvalue weighted by Crippen LogP contribution is -2.14. The highest BCUT2D eigenvalue weighted by Gasteiger charge is 2.17. The van der Waals surface area contributed by atoms with Crippen LogP contribution in [0, 0.1) is 19.7 Å². The first kappa shape index (κ1) is 21.8. The number of ketones is 1. The van der Waals surface area contributed by atoms with E-state index in [0.29, 0.717) is 11.1 Å². The Hall–Kier alpha value is -2.95. The molecule has 0 saturated carbocycles. The Bertz CT molecular complexity index is 984. The van der Waals surface area contributed by atoms with Crippen LogP contribution in [0.15, 0.2) is 48.1 Å². The number of Topliss-reactive ketones (excluding diaryl/α,β-unsaturated/α-hetero) is 1. The van der Waals surface area contributed by atoms with Gasteiger partial charge in [-0.1, -0.05) is 23.8 Å². The molecule has 0 unspecified atom stereocenters. The van der Waals surface area contributed by atoms with Crippen LogP contribution in [0.4, 0.5) is 4.39 Å². The summed E-state index contributed by atoms with van der Waals surface area (Å²) in [5.41, 5.74) is 4.58. The van der Waals surface area contributed by atoms with Gasteiger partial charge >= 0.3 is 5.97 Å². The van der Waals surface area contributed by atoms with Gasteiger partial charge in [-0.2, -0.15) is 0 Å². The number of aromatic nitrogens is 1. The zero-order valence-corrected chi connectivity index (χ0v) is 17.6. The molecule has 0 saturated heterocycles. The van der Waals surface area contributed by atoms with Crippen LogP contribution in [0.1, 0.15) is 59.4 Å². The second-order valence-corrected chi connectivity index (χ2v) is 7.71. The molecule has 1 aliphatic rings. The fraction of sp³-hybridized carbons (Fsp3) is 0.360. The Morgan fingerprint density at radius 3 is 2.77 bits per heavy atom. The summed E-state index contributed by atoms with van der Waals surface area (Å²) in [6, 6.07) is 7.74. The van der Waals surface area contributed by atoms with Crippen molar-refractivity contribution in [2.24, 2.45) is 0 Å². The van der Waals surface area contributed by atoms with E-state index in [1.54, 1.807) is 12.1 Å². The molecule has 158 valence electrons. The van der Waals surface area contributed by atoms with Gasteiger partial charge in [-0.15, -0.1) is 0 Å². The molecule has 1 heterocycles. The van der Waals surface area contributed by atoms with E-state index in [9.17, 15) is 14.0 Å². The van der Waals surface area contributed by atoms with Crippen LogP contribution in [0.3, 0.4) is 0 Å². The average Bonchev–Trinajstić information content (AvgIpc) is 3.03. The van der Waals surface area contributed by atoms with Crippen molar-refractivity contribution < 1.29 is 18.7 Å². The third-order valence-electron chi connectivity index (χ3n) is 5.52. The maximum Gasteiger partial charge on any atom is 0.331 e. The van der Waals surface area contributed by atoms with Gasteiger partial charge in [0.25, 0.3) is 0 Å². The van der Waals surface area contributed by atoms with E-state index in [-0.39, 0.29) is 18.2 Å².